The topological polar surface area (TPSA) is 158 Å². The second-order valence-electron chi connectivity index (χ2n) is 15.9. The van der Waals surface area contributed by atoms with Gasteiger partial charge in [-0.3, -0.25) is 24.6 Å². The number of morpholine rings is 1. The summed E-state index contributed by atoms with van der Waals surface area (Å²) in [6.07, 6.45) is 2.02. The van der Waals surface area contributed by atoms with Gasteiger partial charge in [-0.05, 0) is 84.3 Å². The molecule has 2 aliphatic heterocycles. The van der Waals surface area contributed by atoms with Crippen LogP contribution in [0.1, 0.15) is 12.0 Å². The van der Waals surface area contributed by atoms with E-state index < -0.39 is 14.9 Å². The fourth-order valence-corrected chi connectivity index (χ4v) is 10.2. The molecule has 64 heavy (non-hydrogen) atoms. The highest BCUT2D eigenvalue weighted by Gasteiger charge is 2.25. The van der Waals surface area contributed by atoms with Gasteiger partial charge in [0.05, 0.1) is 28.5 Å². The first-order valence-corrected chi connectivity index (χ1v) is 24.4. The third kappa shape index (κ3) is 11.9. The van der Waals surface area contributed by atoms with Crippen molar-refractivity contribution in [2.45, 2.75) is 28.8 Å². The summed E-state index contributed by atoms with van der Waals surface area (Å²) in [5.41, 5.74) is 5.06. The molecular formula is C47H52ClN9O5S2. The van der Waals surface area contributed by atoms with E-state index in [1.54, 1.807) is 11.8 Å². The van der Waals surface area contributed by atoms with Gasteiger partial charge in [0.25, 0.3) is 15.7 Å². The predicted molar refractivity (Wildman–Crippen MR) is 257 cm³/mol. The lowest BCUT2D eigenvalue weighted by molar-refractivity contribution is -0.384. The average molecular weight is 923 g/mol. The molecule has 0 saturated carbocycles. The summed E-state index contributed by atoms with van der Waals surface area (Å²) in [7, 11) is -4.29. The van der Waals surface area contributed by atoms with Gasteiger partial charge in [0.1, 0.15) is 12.0 Å². The number of ether oxygens (including phenoxy) is 1. The van der Waals surface area contributed by atoms with Crippen molar-refractivity contribution in [3.8, 4) is 11.1 Å². The van der Waals surface area contributed by atoms with Gasteiger partial charge in [0.15, 0.2) is 5.82 Å². The molecule has 1 atom stereocenters. The van der Waals surface area contributed by atoms with Crippen LogP contribution in [0.5, 0.6) is 0 Å². The highest BCUT2D eigenvalue weighted by Crippen LogP contribution is 2.33. The Hall–Kier alpha value is -5.33. The minimum atomic E-state index is -4.29. The molecule has 0 bridgehead atoms. The number of halogens is 1. The number of benzene rings is 5. The zero-order valence-electron chi connectivity index (χ0n) is 35.4. The summed E-state index contributed by atoms with van der Waals surface area (Å²) in [5.74, 6) is 0.734. The summed E-state index contributed by atoms with van der Waals surface area (Å²) >= 11 is 7.81. The van der Waals surface area contributed by atoms with Crippen LogP contribution in [0.4, 0.5) is 22.9 Å². The highest BCUT2D eigenvalue weighted by molar-refractivity contribution is 7.99. The number of sulfonamides is 1. The Morgan fingerprint density at radius 3 is 2.38 bits per heavy atom. The lowest BCUT2D eigenvalue weighted by Gasteiger charge is -2.36. The number of rotatable bonds is 19. The number of fused-ring (bicyclic) bond motifs is 1. The molecule has 2 aliphatic rings. The lowest BCUT2D eigenvalue weighted by Crippen LogP contribution is -2.46. The van der Waals surface area contributed by atoms with Gasteiger partial charge < -0.3 is 20.3 Å². The first-order chi connectivity index (χ1) is 31.2. The molecule has 0 amide bonds. The van der Waals surface area contributed by atoms with Crippen LogP contribution < -0.4 is 20.3 Å². The fourth-order valence-electron chi connectivity index (χ4n) is 8.03. The minimum absolute atomic E-state index is 0.0877. The molecule has 0 radical (unpaired) electrons. The van der Waals surface area contributed by atoms with Crippen molar-refractivity contribution in [2.24, 2.45) is 0 Å². The van der Waals surface area contributed by atoms with E-state index in [-0.39, 0.29) is 28.1 Å². The van der Waals surface area contributed by atoms with Crippen LogP contribution in [0.3, 0.4) is 0 Å². The van der Waals surface area contributed by atoms with E-state index >= 15 is 0 Å². The summed E-state index contributed by atoms with van der Waals surface area (Å²) in [4.78, 5) is 28.6. The van der Waals surface area contributed by atoms with Crippen LogP contribution in [0.2, 0.25) is 5.02 Å². The van der Waals surface area contributed by atoms with Crippen LogP contribution in [-0.4, -0.2) is 117 Å². The molecule has 8 rings (SSSR count). The Morgan fingerprint density at radius 1 is 0.828 bits per heavy atom. The van der Waals surface area contributed by atoms with E-state index in [4.69, 9.17) is 16.3 Å². The second-order valence-corrected chi connectivity index (χ2v) is 19.1. The van der Waals surface area contributed by atoms with E-state index in [0.717, 1.165) is 94.3 Å². The molecule has 17 heteroatoms. The van der Waals surface area contributed by atoms with E-state index in [1.165, 1.54) is 29.6 Å². The lowest BCUT2D eigenvalue weighted by atomic mass is 9.99. The van der Waals surface area contributed by atoms with E-state index in [2.05, 4.69) is 76.4 Å². The van der Waals surface area contributed by atoms with Crippen molar-refractivity contribution in [1.82, 2.24) is 25.1 Å². The number of nitrogens with zero attached hydrogens (tertiary/aromatic N) is 6. The average Bonchev–Trinajstić information content (AvgIpc) is 3.32. The van der Waals surface area contributed by atoms with Crippen LogP contribution in [0.25, 0.3) is 22.0 Å². The van der Waals surface area contributed by atoms with Crippen LogP contribution >= 0.6 is 23.4 Å². The van der Waals surface area contributed by atoms with Gasteiger partial charge in [-0.2, -0.15) is 0 Å². The Balaban J connectivity index is 0.911. The first kappa shape index (κ1) is 45.2. The fraction of sp³-hybridized carbons (Fsp3) is 0.319. The van der Waals surface area contributed by atoms with Crippen molar-refractivity contribution in [1.29, 1.82) is 0 Å². The molecule has 14 nitrogen and oxygen atoms in total. The maximum absolute atomic E-state index is 13.9. The molecule has 1 aromatic heterocycles. The van der Waals surface area contributed by atoms with Crippen LogP contribution in [0, 0.1) is 10.1 Å². The summed E-state index contributed by atoms with van der Waals surface area (Å²) in [5, 5.41) is 20.6. The normalized spacial score (nSPS) is 15.5. The summed E-state index contributed by atoms with van der Waals surface area (Å²) in [6, 6.07) is 35.9. The van der Waals surface area contributed by atoms with Crippen molar-refractivity contribution < 1.29 is 18.1 Å². The van der Waals surface area contributed by atoms with Crippen molar-refractivity contribution in [3.05, 3.63) is 142 Å². The molecule has 6 aromatic rings. The van der Waals surface area contributed by atoms with Gasteiger partial charge in [0, 0.05) is 97.8 Å². The van der Waals surface area contributed by atoms with Gasteiger partial charge in [0.2, 0.25) is 0 Å². The van der Waals surface area contributed by atoms with Gasteiger partial charge in [-0.1, -0.05) is 66.2 Å². The SMILES string of the molecule is O=[N+]([O-])c1cc(S(=O)(=O)Nc2ncnc3cc(N4CCN(Cc5ccccc5-c5ccc(Cl)cc5)CC4)ccc23)ccc1N[C@H](CCNCCN1CCOCC1)CSc1ccccc1. The number of nitrogens with one attached hydrogen (secondary N) is 3. The zero-order valence-corrected chi connectivity index (χ0v) is 37.8. The van der Waals surface area contributed by atoms with Crippen LogP contribution in [0.15, 0.2) is 131 Å². The molecule has 0 aliphatic carbocycles. The smallest absolute Gasteiger partial charge is 0.293 e. The monoisotopic (exact) mass is 921 g/mol. The highest BCUT2D eigenvalue weighted by atomic mass is 35.5. The number of hydrogen-bond acceptors (Lipinski definition) is 13. The maximum Gasteiger partial charge on any atom is 0.293 e. The third-order valence-electron chi connectivity index (χ3n) is 11.6. The van der Waals surface area contributed by atoms with Crippen LogP contribution in [-0.2, 0) is 21.3 Å². The van der Waals surface area contributed by atoms with Crippen molar-refractivity contribution >= 4 is 67.2 Å². The number of aromatic nitrogens is 2. The van der Waals surface area contributed by atoms with E-state index in [9.17, 15) is 18.5 Å². The number of nitro benzene ring substituents is 1. The quantitative estimate of drug-likeness (QED) is 0.0313. The van der Waals surface area contributed by atoms with Gasteiger partial charge in [-0.25, -0.2) is 18.4 Å². The van der Waals surface area contributed by atoms with Gasteiger partial charge in [-0.15, -0.1) is 11.8 Å². The van der Waals surface area contributed by atoms with E-state index in [0.29, 0.717) is 34.6 Å². The third-order valence-corrected chi connectivity index (χ3v) is 14.3. The first-order valence-electron chi connectivity index (χ1n) is 21.5. The standard InChI is InChI=1S/C47H52ClN9O5S2/c48-37-12-10-35(11-13-37)42-9-5-4-6-36(42)32-55-22-24-56(25-23-55)39-14-16-43-45(30-39)50-34-51-47(43)53-64(60,61)41-15-17-44(46(31-41)57(58)59)52-38(33-63-40-7-2-1-3-8-40)18-19-49-20-21-54-26-28-62-29-27-54/h1-17,30-31,34,38,49,52H,18-29,32-33H2,(H,50,51,53)/t38-/m1/s1. The Kier molecular flexibility index (Phi) is 15.2. The summed E-state index contributed by atoms with van der Waals surface area (Å²) in [6.45, 7) is 9.95. The van der Waals surface area contributed by atoms with Crippen molar-refractivity contribution in [3.63, 3.8) is 0 Å². The molecule has 0 spiro atoms. The molecule has 3 heterocycles. The maximum atomic E-state index is 13.9. The number of anilines is 3. The molecule has 2 fully saturated rings. The molecule has 334 valence electrons. The Morgan fingerprint density at radius 2 is 1.59 bits per heavy atom. The largest absolute Gasteiger partial charge is 0.379 e. The Bertz CT molecular complexity index is 2610. The zero-order chi connectivity index (χ0) is 44.3. The molecule has 2 saturated heterocycles. The molecule has 3 N–H and O–H groups in total. The number of nitro groups is 1. The number of piperazine rings is 1. The molecule has 5 aromatic carbocycles. The minimum Gasteiger partial charge on any atom is -0.379 e. The van der Waals surface area contributed by atoms with E-state index in [1.807, 2.05) is 60.7 Å². The number of thioether (sulfide) groups is 1. The van der Waals surface area contributed by atoms with Gasteiger partial charge >= 0.3 is 0 Å². The van der Waals surface area contributed by atoms with Crippen molar-refractivity contribution in [2.75, 3.05) is 92.8 Å². The molecule has 0 unspecified atom stereocenters. The molecular weight excluding hydrogens is 870 g/mol. The summed E-state index contributed by atoms with van der Waals surface area (Å²) < 4.78 is 35.8. The second kappa shape index (κ2) is 21.6. The predicted octanol–water partition coefficient (Wildman–Crippen LogP) is 7.87. The number of hydrogen-bond donors (Lipinski definition) is 3. The Labute approximate surface area is 383 Å².